The van der Waals surface area contributed by atoms with Crippen LogP contribution in [0.15, 0.2) is 60.8 Å². The number of hydrogen-bond acceptors (Lipinski definition) is 4. The van der Waals surface area contributed by atoms with Gasteiger partial charge in [-0.15, -0.1) is 0 Å². The van der Waals surface area contributed by atoms with Crippen LogP contribution in [0.5, 0.6) is 0 Å². The van der Waals surface area contributed by atoms with Crippen LogP contribution in [0.2, 0.25) is 0 Å². The monoisotopic (exact) mass is 499 g/mol. The fourth-order valence-corrected chi connectivity index (χ4v) is 3.90. The standard InChI is InChI=1S/C22H18F5N3O3S/c1-34(32,33)30(13-15-3-2-4-18(23)21(15)24)17-8-6-16(7-9-17)29-20(31)11-14-5-10-19(28-12-14)22(25,26)27/h2-10,12H,11,13H2,1H3,(H,29,31). The number of alkyl halides is 3. The van der Waals surface area contributed by atoms with Crippen LogP contribution < -0.4 is 9.62 Å². The largest absolute Gasteiger partial charge is 0.433 e. The molecule has 0 saturated carbocycles. The number of hydrogen-bond donors (Lipinski definition) is 1. The van der Waals surface area contributed by atoms with Crippen LogP contribution >= 0.6 is 0 Å². The number of benzene rings is 2. The molecule has 3 aromatic rings. The van der Waals surface area contributed by atoms with E-state index in [0.29, 0.717) is 5.69 Å². The zero-order chi connectivity index (χ0) is 25.1. The topological polar surface area (TPSA) is 79.4 Å². The molecule has 1 aromatic heterocycles. The predicted molar refractivity (Wildman–Crippen MR) is 115 cm³/mol. The number of amides is 1. The summed E-state index contributed by atoms with van der Waals surface area (Å²) in [5.74, 6) is -2.79. The zero-order valence-corrected chi connectivity index (χ0v) is 18.4. The molecule has 0 radical (unpaired) electrons. The molecule has 2 aromatic carbocycles. The highest BCUT2D eigenvalue weighted by Crippen LogP contribution is 2.27. The third kappa shape index (κ3) is 6.28. The van der Waals surface area contributed by atoms with E-state index in [1.54, 1.807) is 0 Å². The number of anilines is 2. The lowest BCUT2D eigenvalue weighted by atomic mass is 10.1. The maximum Gasteiger partial charge on any atom is 0.433 e. The molecule has 3 rings (SSSR count). The first-order valence-electron chi connectivity index (χ1n) is 9.67. The van der Waals surface area contributed by atoms with E-state index in [-0.39, 0.29) is 23.2 Å². The van der Waals surface area contributed by atoms with Gasteiger partial charge in [-0.2, -0.15) is 13.2 Å². The van der Waals surface area contributed by atoms with Crippen molar-refractivity contribution in [3.05, 3.63) is 89.2 Å². The molecule has 0 spiro atoms. The molecule has 34 heavy (non-hydrogen) atoms. The summed E-state index contributed by atoms with van der Waals surface area (Å²) in [6.07, 6.45) is -2.94. The van der Waals surface area contributed by atoms with Crippen molar-refractivity contribution >= 4 is 27.3 Å². The molecule has 6 nitrogen and oxygen atoms in total. The lowest BCUT2D eigenvalue weighted by molar-refractivity contribution is -0.141. The Labute approximate surface area is 192 Å². The molecule has 180 valence electrons. The van der Waals surface area contributed by atoms with Gasteiger partial charge in [0, 0.05) is 17.4 Å². The number of pyridine rings is 1. The van der Waals surface area contributed by atoms with Gasteiger partial charge in [0.05, 0.1) is 24.9 Å². The van der Waals surface area contributed by atoms with E-state index < -0.39 is 46.0 Å². The van der Waals surface area contributed by atoms with Crippen LogP contribution in [0.3, 0.4) is 0 Å². The Morgan fingerprint density at radius 2 is 1.71 bits per heavy atom. The van der Waals surface area contributed by atoms with Crippen molar-refractivity contribution in [2.75, 3.05) is 15.9 Å². The van der Waals surface area contributed by atoms with Crippen molar-refractivity contribution in [3.63, 3.8) is 0 Å². The minimum atomic E-state index is -4.58. The zero-order valence-electron chi connectivity index (χ0n) is 17.6. The molecule has 0 saturated heterocycles. The molecule has 0 aliphatic heterocycles. The lowest BCUT2D eigenvalue weighted by Gasteiger charge is -2.23. The Hall–Kier alpha value is -3.54. The smallest absolute Gasteiger partial charge is 0.326 e. The van der Waals surface area contributed by atoms with Gasteiger partial charge in [-0.25, -0.2) is 17.2 Å². The summed E-state index contributed by atoms with van der Waals surface area (Å²) in [5.41, 5.74) is -0.522. The summed E-state index contributed by atoms with van der Waals surface area (Å²) >= 11 is 0. The van der Waals surface area contributed by atoms with E-state index >= 15 is 0 Å². The van der Waals surface area contributed by atoms with E-state index in [4.69, 9.17) is 0 Å². The summed E-state index contributed by atoms with van der Waals surface area (Å²) in [6, 6.07) is 10.9. The quantitative estimate of drug-likeness (QED) is 0.485. The van der Waals surface area contributed by atoms with Crippen LogP contribution in [0.25, 0.3) is 0 Å². The van der Waals surface area contributed by atoms with Gasteiger partial charge in [-0.05, 0) is 42.0 Å². The van der Waals surface area contributed by atoms with E-state index in [2.05, 4.69) is 10.3 Å². The predicted octanol–water partition coefficient (Wildman–Crippen LogP) is 4.53. The molecule has 0 fully saturated rings. The first kappa shape index (κ1) is 25.1. The van der Waals surface area contributed by atoms with Gasteiger partial charge in [0.2, 0.25) is 15.9 Å². The minimum Gasteiger partial charge on any atom is -0.326 e. The summed E-state index contributed by atoms with van der Waals surface area (Å²) in [7, 11) is -3.87. The molecular weight excluding hydrogens is 481 g/mol. The second-order valence-electron chi connectivity index (χ2n) is 7.30. The molecule has 0 aliphatic rings. The molecule has 1 amide bonds. The van der Waals surface area contributed by atoms with Crippen LogP contribution in [0.1, 0.15) is 16.8 Å². The van der Waals surface area contributed by atoms with Crippen molar-refractivity contribution < 1.29 is 35.2 Å². The van der Waals surface area contributed by atoms with Gasteiger partial charge in [-0.1, -0.05) is 18.2 Å². The van der Waals surface area contributed by atoms with Crippen molar-refractivity contribution in [1.82, 2.24) is 4.98 Å². The second kappa shape index (κ2) is 9.75. The first-order valence-corrected chi connectivity index (χ1v) is 11.5. The van der Waals surface area contributed by atoms with Gasteiger partial charge in [-0.3, -0.25) is 14.1 Å². The lowest BCUT2D eigenvalue weighted by Crippen LogP contribution is -2.29. The average Bonchev–Trinajstić information content (AvgIpc) is 2.74. The summed E-state index contributed by atoms with van der Waals surface area (Å²) in [4.78, 5) is 15.5. The molecule has 0 aliphatic carbocycles. The van der Waals surface area contributed by atoms with Crippen LogP contribution in [0.4, 0.5) is 33.3 Å². The van der Waals surface area contributed by atoms with E-state index in [9.17, 15) is 35.2 Å². The van der Waals surface area contributed by atoms with Crippen molar-refractivity contribution in [3.8, 4) is 0 Å². The number of carbonyl (C=O) groups excluding carboxylic acids is 1. The molecule has 1 heterocycles. The normalized spacial score (nSPS) is 11.8. The highest BCUT2D eigenvalue weighted by Gasteiger charge is 2.32. The van der Waals surface area contributed by atoms with Crippen molar-refractivity contribution in [2.45, 2.75) is 19.1 Å². The fourth-order valence-electron chi connectivity index (χ4n) is 3.02. The number of nitrogens with one attached hydrogen (secondary N) is 1. The van der Waals surface area contributed by atoms with Gasteiger partial charge < -0.3 is 5.32 Å². The van der Waals surface area contributed by atoms with Gasteiger partial charge in [0.25, 0.3) is 0 Å². The van der Waals surface area contributed by atoms with Crippen LogP contribution in [0, 0.1) is 11.6 Å². The fraction of sp³-hybridized carbons (Fsp3) is 0.182. The second-order valence-corrected chi connectivity index (χ2v) is 9.21. The Kier molecular flexibility index (Phi) is 7.20. The number of sulfonamides is 1. The maximum atomic E-state index is 14.0. The van der Waals surface area contributed by atoms with Crippen molar-refractivity contribution in [1.29, 1.82) is 0 Å². The number of carbonyl (C=O) groups is 1. The third-order valence-corrected chi connectivity index (χ3v) is 5.81. The van der Waals surface area contributed by atoms with Gasteiger partial charge in [0.15, 0.2) is 11.6 Å². The SMILES string of the molecule is CS(=O)(=O)N(Cc1cccc(F)c1F)c1ccc(NC(=O)Cc2ccc(C(F)(F)F)nc2)cc1. The average molecular weight is 499 g/mol. The van der Waals surface area contributed by atoms with Gasteiger partial charge >= 0.3 is 6.18 Å². The summed E-state index contributed by atoms with van der Waals surface area (Å²) in [5, 5.41) is 2.54. The molecule has 0 unspecified atom stereocenters. The van der Waals surface area contributed by atoms with E-state index in [1.165, 1.54) is 36.4 Å². The Morgan fingerprint density at radius 3 is 2.26 bits per heavy atom. The Morgan fingerprint density at radius 1 is 1.03 bits per heavy atom. The Bertz CT molecular complexity index is 1280. The van der Waals surface area contributed by atoms with E-state index in [1.807, 2.05) is 0 Å². The van der Waals surface area contributed by atoms with E-state index in [0.717, 1.165) is 35.0 Å². The summed E-state index contributed by atoms with van der Waals surface area (Å²) in [6.45, 7) is -0.449. The van der Waals surface area contributed by atoms with Crippen molar-refractivity contribution in [2.24, 2.45) is 0 Å². The Balaban J connectivity index is 1.71. The maximum absolute atomic E-state index is 14.0. The number of rotatable bonds is 7. The van der Waals surface area contributed by atoms with Crippen LogP contribution in [-0.4, -0.2) is 25.6 Å². The first-order chi connectivity index (χ1) is 15.8. The molecule has 1 N–H and O–H groups in total. The van der Waals surface area contributed by atoms with Crippen LogP contribution in [-0.2, 0) is 34.0 Å². The molecule has 0 atom stereocenters. The highest BCUT2D eigenvalue weighted by molar-refractivity contribution is 7.92. The molecule has 0 bridgehead atoms. The third-order valence-electron chi connectivity index (χ3n) is 4.66. The minimum absolute atomic E-state index is 0.149. The molecule has 12 heteroatoms. The summed E-state index contributed by atoms with van der Waals surface area (Å²) < 4.78 is 90.6. The van der Waals surface area contributed by atoms with Gasteiger partial charge in [0.1, 0.15) is 5.69 Å². The number of halogens is 5. The molecular formula is C22H18F5N3O3S. The highest BCUT2D eigenvalue weighted by atomic mass is 32.2. The number of nitrogens with zero attached hydrogens (tertiary/aromatic N) is 2. The number of aromatic nitrogens is 1.